The van der Waals surface area contributed by atoms with E-state index in [1.807, 2.05) is 24.3 Å². The lowest BCUT2D eigenvalue weighted by Gasteiger charge is -2.34. The number of piperazine rings is 1. The molecule has 3 heterocycles. The second-order valence-corrected chi connectivity index (χ2v) is 6.74. The molecule has 0 saturated carbocycles. The maximum Gasteiger partial charge on any atom is 0.289 e. The van der Waals surface area contributed by atoms with Gasteiger partial charge in [-0.25, -0.2) is 0 Å². The van der Waals surface area contributed by atoms with Crippen molar-refractivity contribution in [1.29, 1.82) is 0 Å². The van der Waals surface area contributed by atoms with Crippen LogP contribution in [0.5, 0.6) is 5.75 Å². The number of carbonyl (C=O) groups excluding carboxylic acids is 2. The first kappa shape index (κ1) is 18.8. The highest BCUT2D eigenvalue weighted by Crippen LogP contribution is 2.24. The summed E-state index contributed by atoms with van der Waals surface area (Å²) in [6, 6.07) is 12.6. The number of furan rings is 1. The van der Waals surface area contributed by atoms with Gasteiger partial charge in [0.2, 0.25) is 5.91 Å². The second-order valence-electron chi connectivity index (χ2n) is 6.74. The van der Waals surface area contributed by atoms with Crippen molar-refractivity contribution in [2.24, 2.45) is 0 Å². The smallest absolute Gasteiger partial charge is 0.289 e. The first-order valence-corrected chi connectivity index (χ1v) is 9.34. The van der Waals surface area contributed by atoms with E-state index < -0.39 is 0 Å². The molecule has 3 aromatic rings. The van der Waals surface area contributed by atoms with Crippen molar-refractivity contribution in [3.05, 3.63) is 60.2 Å². The standard InChI is InChI=1S/C21H21N3O5/c1-27-17-5-2-4-15(12-17)19-13-16(22-29-19)14-20(25)23-7-9-24(10-8-23)21(26)18-6-3-11-28-18/h2-6,11-13H,7-10,14H2,1H3. The number of amides is 2. The Morgan fingerprint density at radius 2 is 1.86 bits per heavy atom. The minimum atomic E-state index is -0.151. The quantitative estimate of drug-likeness (QED) is 0.659. The lowest BCUT2D eigenvalue weighted by molar-refractivity contribution is -0.132. The van der Waals surface area contributed by atoms with Gasteiger partial charge >= 0.3 is 0 Å². The van der Waals surface area contributed by atoms with Crippen molar-refractivity contribution in [3.8, 4) is 17.1 Å². The van der Waals surface area contributed by atoms with Crippen LogP contribution in [0, 0.1) is 0 Å². The molecule has 1 fully saturated rings. The molecule has 0 unspecified atom stereocenters. The number of aromatic nitrogens is 1. The number of benzene rings is 1. The molecule has 4 rings (SSSR count). The van der Waals surface area contributed by atoms with Crippen LogP contribution in [0.4, 0.5) is 0 Å². The van der Waals surface area contributed by atoms with Crippen molar-refractivity contribution in [1.82, 2.24) is 15.0 Å². The van der Waals surface area contributed by atoms with E-state index in [0.717, 1.165) is 11.3 Å². The molecule has 2 aromatic heterocycles. The Labute approximate surface area is 167 Å². The summed E-state index contributed by atoms with van der Waals surface area (Å²) in [4.78, 5) is 28.4. The highest BCUT2D eigenvalue weighted by atomic mass is 16.5. The minimum absolute atomic E-state index is 0.0411. The Balaban J connectivity index is 1.33. The molecule has 1 aromatic carbocycles. The van der Waals surface area contributed by atoms with Gasteiger partial charge < -0.3 is 23.5 Å². The van der Waals surface area contributed by atoms with E-state index in [9.17, 15) is 9.59 Å². The minimum Gasteiger partial charge on any atom is -0.497 e. The lowest BCUT2D eigenvalue weighted by atomic mass is 10.1. The third kappa shape index (κ3) is 4.16. The molecule has 1 aliphatic heterocycles. The van der Waals surface area contributed by atoms with Crippen LogP contribution in [-0.2, 0) is 11.2 Å². The second kappa shape index (κ2) is 8.22. The summed E-state index contributed by atoms with van der Waals surface area (Å²) in [5.41, 5.74) is 1.41. The fourth-order valence-corrected chi connectivity index (χ4v) is 3.29. The number of ether oxygens (including phenoxy) is 1. The first-order chi connectivity index (χ1) is 14.1. The highest BCUT2D eigenvalue weighted by Gasteiger charge is 2.26. The maximum atomic E-state index is 12.6. The molecule has 150 valence electrons. The number of methoxy groups -OCH3 is 1. The van der Waals surface area contributed by atoms with Crippen LogP contribution in [0.2, 0.25) is 0 Å². The van der Waals surface area contributed by atoms with Crippen LogP contribution in [0.25, 0.3) is 11.3 Å². The molecule has 8 heteroatoms. The van der Waals surface area contributed by atoms with E-state index in [-0.39, 0.29) is 18.2 Å². The number of nitrogens with zero attached hydrogens (tertiary/aromatic N) is 3. The normalized spacial score (nSPS) is 14.1. The Bertz CT molecular complexity index is 987. The molecule has 8 nitrogen and oxygen atoms in total. The number of hydrogen-bond donors (Lipinski definition) is 0. The van der Waals surface area contributed by atoms with E-state index in [2.05, 4.69) is 5.16 Å². The van der Waals surface area contributed by atoms with Crippen LogP contribution in [0.3, 0.4) is 0 Å². The van der Waals surface area contributed by atoms with Crippen molar-refractivity contribution >= 4 is 11.8 Å². The van der Waals surface area contributed by atoms with Gasteiger partial charge in [0.15, 0.2) is 11.5 Å². The van der Waals surface area contributed by atoms with E-state index in [4.69, 9.17) is 13.7 Å². The van der Waals surface area contributed by atoms with Gasteiger partial charge in [-0.05, 0) is 24.3 Å². The Hall–Kier alpha value is -3.55. The van der Waals surface area contributed by atoms with Gasteiger partial charge in [-0.1, -0.05) is 17.3 Å². The fraction of sp³-hybridized carbons (Fsp3) is 0.286. The van der Waals surface area contributed by atoms with Crippen molar-refractivity contribution < 1.29 is 23.3 Å². The average Bonchev–Trinajstić information content (AvgIpc) is 3.46. The fourth-order valence-electron chi connectivity index (χ4n) is 3.29. The Morgan fingerprint density at radius 3 is 2.59 bits per heavy atom. The van der Waals surface area contributed by atoms with Crippen LogP contribution in [-0.4, -0.2) is 60.1 Å². The van der Waals surface area contributed by atoms with Crippen LogP contribution >= 0.6 is 0 Å². The van der Waals surface area contributed by atoms with Gasteiger partial charge in [0.1, 0.15) is 5.75 Å². The van der Waals surface area contributed by atoms with E-state index >= 15 is 0 Å². The summed E-state index contributed by atoms with van der Waals surface area (Å²) in [6.45, 7) is 1.90. The third-order valence-electron chi connectivity index (χ3n) is 4.90. The molecule has 0 spiro atoms. The van der Waals surface area contributed by atoms with Gasteiger partial charge in [-0.15, -0.1) is 0 Å². The number of carbonyl (C=O) groups is 2. The molecular weight excluding hydrogens is 374 g/mol. The summed E-state index contributed by atoms with van der Waals surface area (Å²) in [6.07, 6.45) is 1.63. The van der Waals surface area contributed by atoms with Crippen molar-refractivity contribution in [2.45, 2.75) is 6.42 Å². The van der Waals surface area contributed by atoms with E-state index in [1.54, 1.807) is 35.1 Å². The predicted molar refractivity (Wildman–Crippen MR) is 103 cm³/mol. The lowest BCUT2D eigenvalue weighted by Crippen LogP contribution is -2.50. The molecule has 0 radical (unpaired) electrons. The van der Waals surface area contributed by atoms with Gasteiger partial charge in [0, 0.05) is 37.8 Å². The zero-order valence-corrected chi connectivity index (χ0v) is 16.0. The number of hydrogen-bond acceptors (Lipinski definition) is 6. The predicted octanol–water partition coefficient (Wildman–Crippen LogP) is 2.47. The Morgan fingerprint density at radius 1 is 1.07 bits per heavy atom. The Kier molecular flexibility index (Phi) is 5.33. The third-order valence-corrected chi connectivity index (χ3v) is 4.90. The summed E-state index contributed by atoms with van der Waals surface area (Å²) >= 11 is 0. The van der Waals surface area contributed by atoms with E-state index in [1.165, 1.54) is 6.26 Å². The van der Waals surface area contributed by atoms with E-state index in [0.29, 0.717) is 43.4 Å². The zero-order valence-electron chi connectivity index (χ0n) is 16.0. The van der Waals surface area contributed by atoms with Gasteiger partial charge in [0.25, 0.3) is 5.91 Å². The first-order valence-electron chi connectivity index (χ1n) is 9.34. The van der Waals surface area contributed by atoms with Crippen LogP contribution in [0.15, 0.2) is 57.7 Å². The van der Waals surface area contributed by atoms with Gasteiger partial charge in [0.05, 0.1) is 25.5 Å². The molecule has 0 bridgehead atoms. The molecular formula is C21H21N3O5. The van der Waals surface area contributed by atoms with Crippen LogP contribution < -0.4 is 4.74 Å². The molecule has 29 heavy (non-hydrogen) atoms. The van der Waals surface area contributed by atoms with Crippen molar-refractivity contribution in [3.63, 3.8) is 0 Å². The summed E-state index contributed by atoms with van der Waals surface area (Å²) in [5, 5.41) is 4.02. The molecule has 1 saturated heterocycles. The summed E-state index contributed by atoms with van der Waals surface area (Å²) in [5.74, 6) is 1.43. The molecule has 0 atom stereocenters. The number of rotatable bonds is 5. The largest absolute Gasteiger partial charge is 0.497 e. The SMILES string of the molecule is COc1cccc(-c2cc(CC(=O)N3CCN(C(=O)c4ccco4)CC3)no2)c1. The topological polar surface area (TPSA) is 89.0 Å². The monoisotopic (exact) mass is 395 g/mol. The maximum absolute atomic E-state index is 12.6. The summed E-state index contributed by atoms with van der Waals surface area (Å²) < 4.78 is 15.8. The summed E-state index contributed by atoms with van der Waals surface area (Å²) in [7, 11) is 1.60. The average molecular weight is 395 g/mol. The zero-order chi connectivity index (χ0) is 20.2. The molecule has 1 aliphatic rings. The molecule has 2 amide bonds. The molecule has 0 aliphatic carbocycles. The van der Waals surface area contributed by atoms with Gasteiger partial charge in [-0.2, -0.15) is 0 Å². The van der Waals surface area contributed by atoms with Gasteiger partial charge in [-0.3, -0.25) is 9.59 Å². The van der Waals surface area contributed by atoms with Crippen molar-refractivity contribution in [2.75, 3.05) is 33.3 Å². The van der Waals surface area contributed by atoms with Crippen LogP contribution in [0.1, 0.15) is 16.2 Å². The molecule has 0 N–H and O–H groups in total. The highest BCUT2D eigenvalue weighted by molar-refractivity contribution is 5.91.